The molecule has 4 aromatic rings. The highest BCUT2D eigenvalue weighted by Gasteiger charge is 2.27. The van der Waals surface area contributed by atoms with Crippen LogP contribution < -0.4 is 22.1 Å². The van der Waals surface area contributed by atoms with Crippen LogP contribution in [0.5, 0.6) is 0 Å². The lowest BCUT2D eigenvalue weighted by Crippen LogP contribution is -2.38. The molecule has 8 heteroatoms. The van der Waals surface area contributed by atoms with Crippen LogP contribution in [0.4, 0.5) is 5.82 Å². The lowest BCUT2D eigenvalue weighted by molar-refractivity contribution is 0.0930. The molecule has 0 bridgehead atoms. The number of aliphatic imine (C=N–C) groups is 1. The first kappa shape index (κ1) is 24.5. The summed E-state index contributed by atoms with van der Waals surface area (Å²) in [6.45, 7) is 3.99. The van der Waals surface area contributed by atoms with Gasteiger partial charge in [-0.3, -0.25) is 4.79 Å². The Morgan fingerprint density at radius 1 is 1.00 bits per heavy atom. The van der Waals surface area contributed by atoms with Crippen LogP contribution in [0.15, 0.2) is 65.7 Å². The Labute approximate surface area is 216 Å². The maximum Gasteiger partial charge on any atom is 0.289 e. The molecule has 0 radical (unpaired) electrons. The quantitative estimate of drug-likeness (QED) is 0.229. The minimum absolute atomic E-state index is 0.0156. The fourth-order valence-corrected chi connectivity index (χ4v) is 5.08. The largest absolute Gasteiger partial charge is 0.370 e. The zero-order valence-corrected chi connectivity index (χ0v) is 21.2. The molecule has 1 aliphatic rings. The molecule has 0 aliphatic heterocycles. The zero-order chi connectivity index (χ0) is 25.9. The summed E-state index contributed by atoms with van der Waals surface area (Å²) in [4.78, 5) is 27.1. The van der Waals surface area contributed by atoms with Crippen molar-refractivity contribution < 1.29 is 4.79 Å². The molecule has 8 nitrogen and oxygen atoms in total. The maximum absolute atomic E-state index is 13.3. The van der Waals surface area contributed by atoms with Crippen molar-refractivity contribution in [2.75, 3.05) is 5.32 Å². The average Bonchev–Trinajstić information content (AvgIpc) is 2.89. The van der Waals surface area contributed by atoms with Gasteiger partial charge in [0.25, 0.3) is 5.91 Å². The van der Waals surface area contributed by atoms with Gasteiger partial charge in [-0.05, 0) is 61.2 Å². The monoisotopic (exact) mass is 495 g/mol. The number of nitrogens with zero attached hydrogens (tertiary/aromatic N) is 3. The van der Waals surface area contributed by atoms with Gasteiger partial charge < -0.3 is 22.1 Å². The van der Waals surface area contributed by atoms with Gasteiger partial charge in [-0.2, -0.15) is 0 Å². The molecule has 1 aromatic heterocycles. The van der Waals surface area contributed by atoms with E-state index in [9.17, 15) is 4.79 Å². The van der Waals surface area contributed by atoms with Crippen LogP contribution >= 0.6 is 0 Å². The van der Waals surface area contributed by atoms with Crippen molar-refractivity contribution >= 4 is 39.4 Å². The van der Waals surface area contributed by atoms with E-state index in [1.165, 1.54) is 0 Å². The number of carbonyl (C=O) groups is 1. The third-order valence-corrected chi connectivity index (χ3v) is 7.04. The van der Waals surface area contributed by atoms with Crippen LogP contribution in [0.1, 0.15) is 60.4 Å². The van der Waals surface area contributed by atoms with E-state index >= 15 is 0 Å². The van der Waals surface area contributed by atoms with Crippen LogP contribution in [0.25, 0.3) is 21.7 Å². The fraction of sp³-hybridized carbons (Fsp3) is 0.310. The van der Waals surface area contributed by atoms with Crippen molar-refractivity contribution in [1.29, 1.82) is 0 Å². The van der Waals surface area contributed by atoms with Gasteiger partial charge >= 0.3 is 0 Å². The van der Waals surface area contributed by atoms with Crippen LogP contribution in [0.2, 0.25) is 0 Å². The Morgan fingerprint density at radius 2 is 1.78 bits per heavy atom. The number of guanidine groups is 1. The predicted octanol–water partition coefficient (Wildman–Crippen LogP) is 4.58. The zero-order valence-electron chi connectivity index (χ0n) is 21.2. The molecule has 1 fully saturated rings. The third kappa shape index (κ3) is 5.48. The van der Waals surface area contributed by atoms with Gasteiger partial charge in [0.2, 0.25) is 5.82 Å². The number of aromatic nitrogens is 2. The molecule has 1 saturated carbocycles. The van der Waals surface area contributed by atoms with Crippen molar-refractivity contribution in [1.82, 2.24) is 15.3 Å². The van der Waals surface area contributed by atoms with Crippen molar-refractivity contribution in [2.45, 2.75) is 57.7 Å². The average molecular weight is 496 g/mol. The number of aryl methyl sites for hydroxylation is 1. The molecule has 6 N–H and O–H groups in total. The van der Waals surface area contributed by atoms with Gasteiger partial charge in [-0.25, -0.2) is 15.0 Å². The van der Waals surface area contributed by atoms with Crippen LogP contribution in [0, 0.1) is 6.92 Å². The second-order valence-corrected chi connectivity index (χ2v) is 9.87. The summed E-state index contributed by atoms with van der Waals surface area (Å²) in [6.07, 6.45) is 3.96. The smallest absolute Gasteiger partial charge is 0.289 e. The number of hydrogen-bond acceptors (Lipinski definition) is 5. The van der Waals surface area contributed by atoms with E-state index in [0.717, 1.165) is 53.0 Å². The Bertz CT molecular complexity index is 1480. The Morgan fingerprint density at radius 3 is 2.59 bits per heavy atom. The predicted molar refractivity (Wildman–Crippen MR) is 150 cm³/mol. The van der Waals surface area contributed by atoms with Crippen molar-refractivity contribution in [3.05, 3.63) is 77.6 Å². The summed E-state index contributed by atoms with van der Waals surface area (Å²) in [7, 11) is 0. The minimum Gasteiger partial charge on any atom is -0.370 e. The Kier molecular flexibility index (Phi) is 6.90. The fourth-order valence-electron chi connectivity index (χ4n) is 5.08. The van der Waals surface area contributed by atoms with Gasteiger partial charge in [0.05, 0.1) is 23.6 Å². The number of fused-ring (bicyclic) bond motifs is 2. The standard InChI is InChI=1S/C29H33N7O/c1-17-11-14-23-22(15-17)26(34-24-9-5-6-10-25(24)35-29(30)31)36-27(33-23)28(37)32-18(2)20-13-12-19-7-3-4-8-21(19)16-20/h3-4,7-8,11-16,18,24-25H,5-6,9-10H2,1-2H3,(H,32,37)(H4,30,31,35)(H,33,34,36). The first-order valence-corrected chi connectivity index (χ1v) is 12.8. The highest BCUT2D eigenvalue weighted by atomic mass is 16.2. The molecular formula is C29H33N7O. The summed E-state index contributed by atoms with van der Waals surface area (Å²) in [5, 5.41) is 9.79. The Hall–Kier alpha value is -4.20. The molecular weight excluding hydrogens is 462 g/mol. The summed E-state index contributed by atoms with van der Waals surface area (Å²) >= 11 is 0. The normalized spacial score (nSPS) is 18.3. The molecule has 190 valence electrons. The van der Waals surface area contributed by atoms with Gasteiger partial charge in [0, 0.05) is 5.39 Å². The molecule has 0 spiro atoms. The first-order valence-electron chi connectivity index (χ1n) is 12.8. The second-order valence-electron chi connectivity index (χ2n) is 9.87. The molecule has 0 saturated heterocycles. The molecule has 3 aromatic carbocycles. The first-order chi connectivity index (χ1) is 17.9. The SMILES string of the molecule is Cc1ccc2nc(C(=O)NC(C)c3ccc4ccccc4c3)nc(NC3CCCCC3N=C(N)N)c2c1. The number of nitrogens with two attached hydrogens (primary N) is 2. The number of nitrogens with one attached hydrogen (secondary N) is 2. The van der Waals surface area contributed by atoms with Gasteiger partial charge in [0.15, 0.2) is 5.96 Å². The lowest BCUT2D eigenvalue weighted by atomic mass is 9.90. The van der Waals surface area contributed by atoms with E-state index in [2.05, 4.69) is 44.9 Å². The third-order valence-electron chi connectivity index (χ3n) is 7.04. The van der Waals surface area contributed by atoms with E-state index in [0.29, 0.717) is 11.3 Å². The molecule has 1 aliphatic carbocycles. The number of benzene rings is 3. The molecule has 37 heavy (non-hydrogen) atoms. The summed E-state index contributed by atoms with van der Waals surface area (Å²) in [5.41, 5.74) is 14.2. The highest BCUT2D eigenvalue weighted by molar-refractivity contribution is 5.97. The number of anilines is 1. The van der Waals surface area contributed by atoms with Crippen molar-refractivity contribution in [2.24, 2.45) is 16.5 Å². The molecule has 1 heterocycles. The number of rotatable bonds is 6. The van der Waals surface area contributed by atoms with Gasteiger partial charge in [-0.1, -0.05) is 60.9 Å². The van der Waals surface area contributed by atoms with Gasteiger partial charge in [-0.15, -0.1) is 0 Å². The number of carbonyl (C=O) groups excluding carboxylic acids is 1. The highest BCUT2D eigenvalue weighted by Crippen LogP contribution is 2.28. The van der Waals surface area contributed by atoms with Crippen LogP contribution in [-0.2, 0) is 0 Å². The van der Waals surface area contributed by atoms with Crippen LogP contribution in [-0.4, -0.2) is 33.9 Å². The van der Waals surface area contributed by atoms with E-state index in [-0.39, 0.29) is 35.8 Å². The maximum atomic E-state index is 13.3. The topological polar surface area (TPSA) is 131 Å². The van der Waals surface area contributed by atoms with Crippen molar-refractivity contribution in [3.63, 3.8) is 0 Å². The molecule has 5 rings (SSSR count). The summed E-state index contributed by atoms with van der Waals surface area (Å²) in [6, 6.07) is 20.1. The summed E-state index contributed by atoms with van der Waals surface area (Å²) in [5.74, 6) is 0.515. The van der Waals surface area contributed by atoms with Crippen LogP contribution in [0.3, 0.4) is 0 Å². The van der Waals surface area contributed by atoms with E-state index in [1.807, 2.05) is 50.2 Å². The van der Waals surface area contributed by atoms with E-state index in [4.69, 9.17) is 16.5 Å². The number of amides is 1. The molecule has 3 atom stereocenters. The summed E-state index contributed by atoms with van der Waals surface area (Å²) < 4.78 is 0. The van der Waals surface area contributed by atoms with Crippen molar-refractivity contribution in [3.8, 4) is 0 Å². The second kappa shape index (κ2) is 10.4. The van der Waals surface area contributed by atoms with Gasteiger partial charge in [0.1, 0.15) is 5.82 Å². The van der Waals surface area contributed by atoms with E-state index in [1.54, 1.807) is 0 Å². The lowest BCUT2D eigenvalue weighted by Gasteiger charge is -2.30. The number of hydrogen-bond donors (Lipinski definition) is 4. The minimum atomic E-state index is -0.324. The molecule has 1 amide bonds. The Balaban J connectivity index is 1.44. The molecule has 3 unspecified atom stereocenters. The van der Waals surface area contributed by atoms with E-state index < -0.39 is 0 Å².